The molecule has 7 heteroatoms. The molecule has 0 aromatic rings. The molecular weight excluding hydrogens is 274 g/mol. The second-order valence-electron chi connectivity index (χ2n) is 2.20. The maximum atomic E-state index is 10.7. The van der Waals surface area contributed by atoms with E-state index in [1.165, 1.54) is 6.92 Å². The maximum Gasteiger partial charge on any atom is 0.332 e. The Hall–Kier alpha value is 0.330. The van der Waals surface area contributed by atoms with Gasteiger partial charge in [0.15, 0.2) is 5.56 Å². The monoisotopic (exact) mass is 280 g/mol. The fourth-order valence-electron chi connectivity index (χ4n) is 0.485. The van der Waals surface area contributed by atoms with Crippen molar-refractivity contribution in [1.82, 2.24) is 0 Å². The summed E-state index contributed by atoms with van der Waals surface area (Å²) in [5.74, 6) is -0.648. The van der Waals surface area contributed by atoms with Crippen molar-refractivity contribution in [2.24, 2.45) is 0 Å². The van der Waals surface area contributed by atoms with Gasteiger partial charge in [0.25, 0.3) is 0 Å². The van der Waals surface area contributed by atoms with E-state index >= 15 is 0 Å². The second kappa shape index (κ2) is 6.03. The summed E-state index contributed by atoms with van der Waals surface area (Å²) in [4.78, 5) is 10.7. The summed E-state index contributed by atoms with van der Waals surface area (Å²) in [6, 6.07) is 0. The zero-order valence-corrected chi connectivity index (χ0v) is 10.2. The first-order chi connectivity index (χ1) is 6.27. The Labute approximate surface area is 102 Å². The van der Waals surface area contributed by atoms with E-state index in [4.69, 9.17) is 51.1 Å². The van der Waals surface area contributed by atoms with Crippen molar-refractivity contribution in [3.8, 4) is 0 Å². The zero-order valence-electron chi connectivity index (χ0n) is 7.18. The van der Waals surface area contributed by atoms with Crippen molar-refractivity contribution in [2.75, 3.05) is 0 Å². The molecule has 2 atom stereocenters. The molecule has 0 fully saturated rings. The molecule has 0 spiro atoms. The molecular formula is C7H8Cl4O3. The van der Waals surface area contributed by atoms with Gasteiger partial charge in [-0.05, 0) is 6.92 Å². The Morgan fingerprint density at radius 2 is 2.00 bits per heavy atom. The van der Waals surface area contributed by atoms with Crippen molar-refractivity contribution in [3.05, 3.63) is 12.7 Å². The molecule has 0 rings (SSSR count). The zero-order chi connectivity index (χ0) is 11.4. The number of halogens is 4. The van der Waals surface area contributed by atoms with Crippen molar-refractivity contribution in [3.63, 3.8) is 0 Å². The van der Waals surface area contributed by atoms with Crippen LogP contribution in [0.3, 0.4) is 0 Å². The predicted octanol–water partition coefficient (Wildman–Crippen LogP) is 3.01. The highest BCUT2D eigenvalue weighted by Crippen LogP contribution is 2.35. The summed E-state index contributed by atoms with van der Waals surface area (Å²) in [6.45, 7) is 4.64. The van der Waals surface area contributed by atoms with Gasteiger partial charge in [-0.1, -0.05) is 53.0 Å². The first kappa shape index (κ1) is 14.3. The Bertz CT molecular complexity index is 213. The number of carbonyl (C=O) groups is 1. The smallest absolute Gasteiger partial charge is 0.332 e. The van der Waals surface area contributed by atoms with E-state index < -0.39 is 21.6 Å². The van der Waals surface area contributed by atoms with Crippen LogP contribution in [0.2, 0.25) is 0 Å². The van der Waals surface area contributed by atoms with Gasteiger partial charge in [0.05, 0.1) is 0 Å². The third-order valence-corrected chi connectivity index (χ3v) is 2.38. The molecule has 0 saturated heterocycles. The van der Waals surface area contributed by atoms with Crippen molar-refractivity contribution in [1.29, 1.82) is 0 Å². The number of carbonyl (C=O) groups excluding carboxylic acids is 1. The van der Waals surface area contributed by atoms with Crippen LogP contribution in [0.4, 0.5) is 0 Å². The first-order valence-electron chi connectivity index (χ1n) is 3.46. The fourth-order valence-corrected chi connectivity index (χ4v) is 0.784. The molecule has 0 heterocycles. The van der Waals surface area contributed by atoms with Gasteiger partial charge in [-0.15, -0.1) is 0 Å². The molecule has 0 N–H and O–H groups in total. The fraction of sp³-hybridized carbons (Fsp3) is 0.571. The lowest BCUT2D eigenvalue weighted by molar-refractivity contribution is -0.171. The molecule has 2 unspecified atom stereocenters. The summed E-state index contributed by atoms with van der Waals surface area (Å²) < 4.78 is 7.71. The standard InChI is InChI=1S/C7H8Cl4O3/c1-3-5(12)13-4(2)14-6(8)7(9,10)11/h3-4,6H,1H2,2H3. The van der Waals surface area contributed by atoms with Crippen molar-refractivity contribution >= 4 is 52.4 Å². The first-order valence-corrected chi connectivity index (χ1v) is 5.03. The normalized spacial score (nSPS) is 15.8. The maximum absolute atomic E-state index is 10.7. The summed E-state index contributed by atoms with van der Waals surface area (Å²) in [5.41, 5.74) is -1.21. The van der Waals surface area contributed by atoms with Crippen LogP contribution in [0.15, 0.2) is 12.7 Å². The van der Waals surface area contributed by atoms with Crippen LogP contribution in [-0.2, 0) is 14.3 Å². The molecule has 14 heavy (non-hydrogen) atoms. The van der Waals surface area contributed by atoms with E-state index in [2.05, 4.69) is 11.3 Å². The van der Waals surface area contributed by atoms with E-state index in [9.17, 15) is 4.79 Å². The van der Waals surface area contributed by atoms with Gasteiger partial charge in [-0.25, -0.2) is 4.79 Å². The summed E-state index contributed by atoms with van der Waals surface area (Å²) in [5, 5.41) is 0. The predicted molar refractivity (Wildman–Crippen MR) is 56.8 cm³/mol. The van der Waals surface area contributed by atoms with Crippen LogP contribution in [0.5, 0.6) is 0 Å². The summed E-state index contributed by atoms with van der Waals surface area (Å²) in [6.07, 6.45) is 0.0666. The third kappa shape index (κ3) is 5.94. The molecule has 0 radical (unpaired) electrons. The molecule has 3 nitrogen and oxygen atoms in total. The average Bonchev–Trinajstić information content (AvgIpc) is 2.02. The van der Waals surface area contributed by atoms with Crippen LogP contribution in [-0.4, -0.2) is 21.6 Å². The van der Waals surface area contributed by atoms with Crippen LogP contribution in [0, 0.1) is 0 Å². The SMILES string of the molecule is C=CC(=O)OC(C)OC(Cl)C(Cl)(Cl)Cl. The van der Waals surface area contributed by atoms with Gasteiger partial charge in [-0.3, -0.25) is 0 Å². The largest absolute Gasteiger partial charge is 0.433 e. The van der Waals surface area contributed by atoms with Gasteiger partial charge in [-0.2, -0.15) is 0 Å². The van der Waals surface area contributed by atoms with E-state index in [-0.39, 0.29) is 0 Å². The second-order valence-corrected chi connectivity index (χ2v) is 4.97. The van der Waals surface area contributed by atoms with Gasteiger partial charge in [0.1, 0.15) is 0 Å². The minimum atomic E-state index is -1.78. The molecule has 82 valence electrons. The Kier molecular flexibility index (Phi) is 6.17. The van der Waals surface area contributed by atoms with Gasteiger partial charge in [0, 0.05) is 6.08 Å². The molecule has 0 bridgehead atoms. The lowest BCUT2D eigenvalue weighted by atomic mass is 10.6. The average molecular weight is 282 g/mol. The Morgan fingerprint density at radius 1 is 1.50 bits per heavy atom. The molecule has 0 aromatic heterocycles. The third-order valence-electron chi connectivity index (χ3n) is 1.02. The van der Waals surface area contributed by atoms with Crippen LogP contribution >= 0.6 is 46.4 Å². The molecule has 0 saturated carbocycles. The quantitative estimate of drug-likeness (QED) is 0.344. The molecule has 0 amide bonds. The Morgan fingerprint density at radius 3 is 2.36 bits per heavy atom. The van der Waals surface area contributed by atoms with E-state index in [0.29, 0.717) is 0 Å². The number of hydrogen-bond acceptors (Lipinski definition) is 3. The van der Waals surface area contributed by atoms with Gasteiger partial charge < -0.3 is 9.47 Å². The van der Waals surface area contributed by atoms with E-state index in [1.807, 2.05) is 0 Å². The Balaban J connectivity index is 4.00. The highest BCUT2D eigenvalue weighted by molar-refractivity contribution is 6.70. The number of ether oxygens (including phenoxy) is 2. The van der Waals surface area contributed by atoms with Gasteiger partial charge in [0.2, 0.25) is 10.1 Å². The van der Waals surface area contributed by atoms with E-state index in [0.717, 1.165) is 6.08 Å². The van der Waals surface area contributed by atoms with E-state index in [1.54, 1.807) is 0 Å². The molecule has 0 aliphatic rings. The number of esters is 1. The number of alkyl halides is 4. The molecule has 0 aromatic carbocycles. The van der Waals surface area contributed by atoms with Crippen LogP contribution in [0.1, 0.15) is 6.92 Å². The topological polar surface area (TPSA) is 35.5 Å². The summed E-state index contributed by atoms with van der Waals surface area (Å²) >= 11 is 21.8. The lowest BCUT2D eigenvalue weighted by Crippen LogP contribution is -2.29. The number of rotatable bonds is 4. The molecule has 0 aliphatic heterocycles. The number of hydrogen-bond donors (Lipinski definition) is 0. The van der Waals surface area contributed by atoms with Crippen LogP contribution < -0.4 is 0 Å². The highest BCUT2D eigenvalue weighted by atomic mass is 35.6. The minimum Gasteiger partial charge on any atom is -0.433 e. The van der Waals surface area contributed by atoms with Crippen molar-refractivity contribution < 1.29 is 14.3 Å². The van der Waals surface area contributed by atoms with Gasteiger partial charge >= 0.3 is 5.97 Å². The summed E-state index contributed by atoms with van der Waals surface area (Å²) in [7, 11) is 0. The van der Waals surface area contributed by atoms with Crippen LogP contribution in [0.25, 0.3) is 0 Å². The minimum absolute atomic E-state index is 0.648. The lowest BCUT2D eigenvalue weighted by Gasteiger charge is -2.22. The highest BCUT2D eigenvalue weighted by Gasteiger charge is 2.33. The van der Waals surface area contributed by atoms with Crippen molar-refractivity contribution in [2.45, 2.75) is 22.6 Å². The molecule has 0 aliphatic carbocycles.